The number of H-pyrrole nitrogens is 1. The molecule has 6 rings (SSSR count). The third-order valence-electron chi connectivity index (χ3n) is 5.61. The topological polar surface area (TPSA) is 112 Å². The number of nitrogens with one attached hydrogen (secondary N) is 1. The van der Waals surface area contributed by atoms with Gasteiger partial charge in [-0.25, -0.2) is 9.18 Å². The second-order valence-corrected chi connectivity index (χ2v) is 8.23. The molecule has 0 unspecified atom stereocenters. The minimum absolute atomic E-state index is 0.0138. The molecule has 0 atom stereocenters. The summed E-state index contributed by atoms with van der Waals surface area (Å²) < 4.78 is 30.9. The number of rotatable bonds is 4. The second-order valence-electron chi connectivity index (χ2n) is 7.82. The van der Waals surface area contributed by atoms with E-state index in [0.717, 1.165) is 10.1 Å². The second kappa shape index (κ2) is 8.10. The van der Waals surface area contributed by atoms with Gasteiger partial charge >= 0.3 is 5.69 Å². The van der Waals surface area contributed by atoms with Crippen molar-refractivity contribution in [2.45, 2.75) is 6.54 Å². The van der Waals surface area contributed by atoms with E-state index in [1.165, 1.54) is 12.1 Å². The van der Waals surface area contributed by atoms with Crippen molar-refractivity contribution in [1.82, 2.24) is 19.7 Å². The SMILES string of the molecule is O=c1[nH]c2cc(-c3nc(-c4ccc(Cl)c(F)c4)no3)ccc2c(=O)n1Cc1ccc2c(c1)OCO2. The van der Waals surface area contributed by atoms with Crippen LogP contribution in [0, 0.1) is 5.82 Å². The third kappa shape index (κ3) is 3.73. The van der Waals surface area contributed by atoms with Crippen LogP contribution in [0.5, 0.6) is 11.5 Å². The van der Waals surface area contributed by atoms with E-state index in [9.17, 15) is 14.0 Å². The quantitative estimate of drug-likeness (QED) is 0.404. The van der Waals surface area contributed by atoms with Gasteiger partial charge in [-0.1, -0.05) is 22.8 Å². The molecule has 174 valence electrons. The minimum Gasteiger partial charge on any atom is -0.454 e. The Bertz CT molecular complexity index is 1740. The summed E-state index contributed by atoms with van der Waals surface area (Å²) >= 11 is 5.72. The van der Waals surface area contributed by atoms with Gasteiger partial charge in [-0.3, -0.25) is 9.36 Å². The molecule has 5 aromatic rings. The van der Waals surface area contributed by atoms with Crippen molar-refractivity contribution in [3.8, 4) is 34.3 Å². The molecule has 11 heteroatoms. The Kier molecular flexibility index (Phi) is 4.89. The summed E-state index contributed by atoms with van der Waals surface area (Å²) in [5.74, 6) is 0.894. The van der Waals surface area contributed by atoms with Gasteiger partial charge in [0.2, 0.25) is 12.6 Å². The Hall–Kier alpha value is -4.44. The third-order valence-corrected chi connectivity index (χ3v) is 5.92. The average Bonchev–Trinajstić information content (AvgIpc) is 3.53. The number of halogens is 2. The highest BCUT2D eigenvalue weighted by molar-refractivity contribution is 6.30. The first-order chi connectivity index (χ1) is 17.0. The maximum Gasteiger partial charge on any atom is 0.329 e. The van der Waals surface area contributed by atoms with Gasteiger partial charge in [0, 0.05) is 11.1 Å². The van der Waals surface area contributed by atoms with Crippen molar-refractivity contribution in [2.75, 3.05) is 6.79 Å². The van der Waals surface area contributed by atoms with Crippen LogP contribution < -0.4 is 20.7 Å². The molecule has 0 bridgehead atoms. The van der Waals surface area contributed by atoms with Crippen LogP contribution in [-0.2, 0) is 6.54 Å². The van der Waals surface area contributed by atoms with Crippen LogP contribution in [0.25, 0.3) is 33.7 Å². The summed E-state index contributed by atoms with van der Waals surface area (Å²) in [6.07, 6.45) is 0. The van der Waals surface area contributed by atoms with E-state index in [2.05, 4.69) is 15.1 Å². The Labute approximate surface area is 200 Å². The lowest BCUT2D eigenvalue weighted by atomic mass is 10.1. The van der Waals surface area contributed by atoms with Crippen LogP contribution in [0.3, 0.4) is 0 Å². The molecule has 2 aromatic heterocycles. The van der Waals surface area contributed by atoms with Gasteiger partial charge in [0.15, 0.2) is 11.5 Å². The molecule has 3 heterocycles. The fraction of sp³-hybridized carbons (Fsp3) is 0.0833. The van der Waals surface area contributed by atoms with Gasteiger partial charge in [-0.2, -0.15) is 4.98 Å². The number of benzene rings is 3. The fourth-order valence-corrected chi connectivity index (χ4v) is 3.96. The van der Waals surface area contributed by atoms with E-state index in [1.807, 2.05) is 0 Å². The first kappa shape index (κ1) is 21.1. The van der Waals surface area contributed by atoms with Crippen molar-refractivity contribution in [1.29, 1.82) is 0 Å². The van der Waals surface area contributed by atoms with Crippen LogP contribution in [0.15, 0.2) is 68.7 Å². The van der Waals surface area contributed by atoms with Crippen molar-refractivity contribution >= 4 is 22.5 Å². The van der Waals surface area contributed by atoms with Crippen molar-refractivity contribution < 1.29 is 18.4 Å². The van der Waals surface area contributed by atoms with E-state index in [4.69, 9.17) is 25.6 Å². The summed E-state index contributed by atoms with van der Waals surface area (Å²) in [6, 6.07) is 14.2. The molecule has 0 fully saturated rings. The lowest BCUT2D eigenvalue weighted by Crippen LogP contribution is -2.35. The highest BCUT2D eigenvalue weighted by atomic mass is 35.5. The zero-order valence-corrected chi connectivity index (χ0v) is 18.5. The van der Waals surface area contributed by atoms with E-state index in [-0.39, 0.29) is 30.1 Å². The molecule has 0 saturated heterocycles. The van der Waals surface area contributed by atoms with Gasteiger partial charge in [0.1, 0.15) is 5.82 Å². The number of aromatic amines is 1. The molecule has 1 N–H and O–H groups in total. The van der Waals surface area contributed by atoms with Crippen molar-refractivity contribution in [2.24, 2.45) is 0 Å². The predicted octanol–water partition coefficient (Wildman–Crippen LogP) is 3.98. The van der Waals surface area contributed by atoms with Gasteiger partial charge in [-0.15, -0.1) is 0 Å². The number of ether oxygens (including phenoxy) is 2. The molecule has 1 aliphatic heterocycles. The largest absolute Gasteiger partial charge is 0.454 e. The fourth-order valence-electron chi connectivity index (χ4n) is 3.85. The first-order valence-electron chi connectivity index (χ1n) is 10.4. The number of fused-ring (bicyclic) bond motifs is 2. The Morgan fingerprint density at radius 1 is 1.00 bits per heavy atom. The summed E-state index contributed by atoms with van der Waals surface area (Å²) in [4.78, 5) is 32.8. The number of aromatic nitrogens is 4. The van der Waals surface area contributed by atoms with Crippen LogP contribution in [0.1, 0.15) is 5.56 Å². The van der Waals surface area contributed by atoms with Crippen LogP contribution >= 0.6 is 11.6 Å². The van der Waals surface area contributed by atoms with Gasteiger partial charge in [-0.05, 0) is 54.1 Å². The smallest absolute Gasteiger partial charge is 0.329 e. The number of hydrogen-bond acceptors (Lipinski definition) is 7. The van der Waals surface area contributed by atoms with E-state index < -0.39 is 17.1 Å². The highest BCUT2D eigenvalue weighted by Crippen LogP contribution is 2.32. The van der Waals surface area contributed by atoms with E-state index in [0.29, 0.717) is 33.5 Å². The molecule has 0 saturated carbocycles. The summed E-state index contributed by atoms with van der Waals surface area (Å²) in [5, 5.41) is 4.18. The maximum atomic E-state index is 13.8. The van der Waals surface area contributed by atoms with Crippen molar-refractivity contribution in [3.63, 3.8) is 0 Å². The van der Waals surface area contributed by atoms with E-state index >= 15 is 0 Å². The van der Waals surface area contributed by atoms with Crippen molar-refractivity contribution in [3.05, 3.63) is 91.8 Å². The van der Waals surface area contributed by atoms with Crippen LogP contribution in [0.2, 0.25) is 5.02 Å². The van der Waals surface area contributed by atoms with Crippen LogP contribution in [0.4, 0.5) is 4.39 Å². The normalized spacial score (nSPS) is 12.4. The molecule has 35 heavy (non-hydrogen) atoms. The molecular formula is C24H14ClFN4O5. The lowest BCUT2D eigenvalue weighted by molar-refractivity contribution is 0.174. The van der Waals surface area contributed by atoms with E-state index in [1.54, 1.807) is 42.5 Å². The molecular weight excluding hydrogens is 479 g/mol. The predicted molar refractivity (Wildman–Crippen MR) is 124 cm³/mol. The molecule has 0 amide bonds. The molecule has 0 aliphatic carbocycles. The Morgan fingerprint density at radius 3 is 2.69 bits per heavy atom. The average molecular weight is 493 g/mol. The monoisotopic (exact) mass is 492 g/mol. The molecule has 1 aliphatic rings. The van der Waals surface area contributed by atoms with Gasteiger partial charge in [0.25, 0.3) is 11.4 Å². The molecule has 0 radical (unpaired) electrons. The molecule has 0 spiro atoms. The van der Waals surface area contributed by atoms with Gasteiger partial charge < -0.3 is 19.0 Å². The van der Waals surface area contributed by atoms with Crippen LogP contribution in [-0.4, -0.2) is 26.5 Å². The number of nitrogens with zero attached hydrogens (tertiary/aromatic N) is 3. The molecule has 9 nitrogen and oxygen atoms in total. The summed E-state index contributed by atoms with van der Waals surface area (Å²) in [7, 11) is 0. The summed E-state index contributed by atoms with van der Waals surface area (Å²) in [6.45, 7) is 0.197. The van der Waals surface area contributed by atoms with Gasteiger partial charge in [0.05, 0.1) is 22.5 Å². The zero-order valence-electron chi connectivity index (χ0n) is 17.7. The standard InChI is InChI=1S/C24H14ClFN4O5/c25-16-5-3-13(8-17(16)26)21-28-22(35-29-21)14-2-4-15-18(9-14)27-24(32)30(23(15)31)10-12-1-6-19-20(7-12)34-11-33-19/h1-9H,10-11H2,(H,27,32). The first-order valence-corrected chi connectivity index (χ1v) is 10.8. The lowest BCUT2D eigenvalue weighted by Gasteiger charge is -2.08. The zero-order chi connectivity index (χ0) is 24.1. The number of hydrogen-bond donors (Lipinski definition) is 1. The Balaban J connectivity index is 1.34. The summed E-state index contributed by atoms with van der Waals surface area (Å²) in [5.41, 5.74) is 0.888. The Morgan fingerprint density at radius 2 is 1.83 bits per heavy atom. The minimum atomic E-state index is -0.601. The highest BCUT2D eigenvalue weighted by Gasteiger charge is 2.17. The maximum absolute atomic E-state index is 13.8. The molecule has 3 aromatic carbocycles.